The molecule has 0 spiro atoms. The summed E-state index contributed by atoms with van der Waals surface area (Å²) in [5, 5.41) is 11.9. The first-order valence-electron chi connectivity index (χ1n) is 5.66. The fourth-order valence-electron chi connectivity index (χ4n) is 1.52. The lowest BCUT2D eigenvalue weighted by Crippen LogP contribution is -2.40. The third-order valence-electron chi connectivity index (χ3n) is 2.42. The van der Waals surface area contributed by atoms with E-state index in [0.717, 1.165) is 32.2 Å². The second-order valence-electron chi connectivity index (χ2n) is 3.72. The summed E-state index contributed by atoms with van der Waals surface area (Å²) in [6, 6.07) is 0.206. The highest BCUT2D eigenvalue weighted by Gasteiger charge is 2.13. The Morgan fingerprint density at radius 3 is 2.20 bits per heavy atom. The first-order valence-corrected chi connectivity index (χ1v) is 5.66. The van der Waals surface area contributed by atoms with E-state index in [-0.39, 0.29) is 12.3 Å². The van der Waals surface area contributed by atoms with Crippen LogP contribution in [-0.2, 0) is 9.47 Å². The molecule has 0 rings (SSSR count). The van der Waals surface area contributed by atoms with Gasteiger partial charge in [0.1, 0.15) is 0 Å². The van der Waals surface area contributed by atoms with Crippen molar-refractivity contribution in [1.29, 1.82) is 0 Å². The highest BCUT2D eigenvalue weighted by Crippen LogP contribution is 2.01. The van der Waals surface area contributed by atoms with Crippen molar-refractivity contribution < 1.29 is 14.6 Å². The Morgan fingerprint density at radius 2 is 1.67 bits per heavy atom. The fraction of sp³-hybridized carbons (Fsp3) is 1.00. The average molecular weight is 219 g/mol. The third kappa shape index (κ3) is 7.73. The summed E-state index contributed by atoms with van der Waals surface area (Å²) in [5.41, 5.74) is 0. The van der Waals surface area contributed by atoms with Crippen LogP contribution < -0.4 is 5.32 Å². The van der Waals surface area contributed by atoms with E-state index in [1.807, 2.05) is 6.92 Å². The lowest BCUT2D eigenvalue weighted by Gasteiger charge is -2.22. The van der Waals surface area contributed by atoms with Crippen molar-refractivity contribution in [3.05, 3.63) is 0 Å². The fourth-order valence-corrected chi connectivity index (χ4v) is 1.52. The van der Waals surface area contributed by atoms with Gasteiger partial charge in [-0.25, -0.2) is 0 Å². The molecule has 0 aromatic carbocycles. The Hall–Kier alpha value is -0.160. The normalized spacial score (nSPS) is 13.4. The van der Waals surface area contributed by atoms with Gasteiger partial charge in [0.25, 0.3) is 0 Å². The average Bonchev–Trinajstić information content (AvgIpc) is 2.25. The Labute approximate surface area is 93.0 Å². The largest absolute Gasteiger partial charge is 0.396 e. The predicted octanol–water partition coefficient (Wildman–Crippen LogP) is 1.14. The molecule has 1 unspecified atom stereocenters. The molecule has 0 radical (unpaired) electrons. The van der Waals surface area contributed by atoms with Gasteiger partial charge < -0.3 is 19.9 Å². The molecule has 0 saturated heterocycles. The van der Waals surface area contributed by atoms with Crippen molar-refractivity contribution >= 4 is 0 Å². The van der Waals surface area contributed by atoms with Crippen molar-refractivity contribution in [2.24, 2.45) is 0 Å². The van der Waals surface area contributed by atoms with Crippen LogP contribution in [0.15, 0.2) is 0 Å². The van der Waals surface area contributed by atoms with Crippen molar-refractivity contribution in [1.82, 2.24) is 5.32 Å². The number of hydrogen-bond acceptors (Lipinski definition) is 4. The summed E-state index contributed by atoms with van der Waals surface area (Å²) in [7, 11) is 3.29. The van der Waals surface area contributed by atoms with Crippen LogP contribution in [0.1, 0.15) is 32.6 Å². The van der Waals surface area contributed by atoms with Gasteiger partial charge in [0.2, 0.25) is 0 Å². The molecule has 0 amide bonds. The summed E-state index contributed by atoms with van der Waals surface area (Å²) in [4.78, 5) is 0. The van der Waals surface area contributed by atoms with Crippen LogP contribution in [-0.4, -0.2) is 44.8 Å². The predicted molar refractivity (Wildman–Crippen MR) is 60.8 cm³/mol. The molecular formula is C11H25NO3. The molecule has 0 aliphatic rings. The van der Waals surface area contributed by atoms with Crippen molar-refractivity contribution in [3.8, 4) is 0 Å². The molecule has 0 aromatic heterocycles. The van der Waals surface area contributed by atoms with Gasteiger partial charge in [-0.2, -0.15) is 0 Å². The second-order valence-corrected chi connectivity index (χ2v) is 3.72. The minimum atomic E-state index is -0.178. The molecule has 0 aromatic rings. The number of rotatable bonds is 10. The van der Waals surface area contributed by atoms with E-state index < -0.39 is 0 Å². The molecule has 0 heterocycles. The van der Waals surface area contributed by atoms with Crippen LogP contribution in [0.2, 0.25) is 0 Å². The van der Waals surface area contributed by atoms with Crippen LogP contribution in [0.3, 0.4) is 0 Å². The highest BCUT2D eigenvalue weighted by atomic mass is 16.7. The minimum Gasteiger partial charge on any atom is -0.396 e. The quantitative estimate of drug-likeness (QED) is 0.427. The highest BCUT2D eigenvalue weighted by molar-refractivity contribution is 4.64. The molecule has 4 heteroatoms. The van der Waals surface area contributed by atoms with Gasteiger partial charge in [-0.1, -0.05) is 12.8 Å². The van der Waals surface area contributed by atoms with Crippen LogP contribution in [0.4, 0.5) is 0 Å². The number of nitrogens with one attached hydrogen (secondary N) is 1. The number of aliphatic hydroxyl groups excluding tert-OH is 1. The maximum atomic E-state index is 8.60. The van der Waals surface area contributed by atoms with Crippen LogP contribution in [0.25, 0.3) is 0 Å². The summed E-state index contributed by atoms with van der Waals surface area (Å²) in [6.45, 7) is 3.32. The standard InChI is InChI=1S/C11H25NO3/c1-10(11(14-2)15-3)12-8-6-4-5-7-9-13/h10-13H,4-9H2,1-3H3. The lowest BCUT2D eigenvalue weighted by atomic mass is 10.2. The van der Waals surface area contributed by atoms with Crippen molar-refractivity contribution in [2.45, 2.75) is 44.9 Å². The van der Waals surface area contributed by atoms with E-state index in [1.165, 1.54) is 0 Å². The van der Waals surface area contributed by atoms with Gasteiger partial charge in [0.05, 0.1) is 6.04 Å². The zero-order valence-corrected chi connectivity index (χ0v) is 10.2. The summed E-state index contributed by atoms with van der Waals surface area (Å²) < 4.78 is 10.3. The Balaban J connectivity index is 3.33. The summed E-state index contributed by atoms with van der Waals surface area (Å²) >= 11 is 0. The van der Waals surface area contributed by atoms with Gasteiger partial charge in [-0.05, 0) is 26.3 Å². The van der Waals surface area contributed by atoms with Crippen LogP contribution in [0.5, 0.6) is 0 Å². The van der Waals surface area contributed by atoms with Gasteiger partial charge in [-0.15, -0.1) is 0 Å². The monoisotopic (exact) mass is 219 g/mol. The molecule has 15 heavy (non-hydrogen) atoms. The Kier molecular flexibility index (Phi) is 10.3. The lowest BCUT2D eigenvalue weighted by molar-refractivity contribution is -0.119. The number of methoxy groups -OCH3 is 2. The molecule has 92 valence electrons. The zero-order chi connectivity index (χ0) is 11.5. The number of aliphatic hydroxyl groups is 1. The molecule has 0 fully saturated rings. The molecule has 0 bridgehead atoms. The first-order chi connectivity index (χ1) is 7.26. The molecule has 0 saturated carbocycles. The Bertz CT molecular complexity index is 129. The van der Waals surface area contributed by atoms with E-state index in [0.29, 0.717) is 6.61 Å². The molecule has 0 aliphatic carbocycles. The van der Waals surface area contributed by atoms with E-state index in [1.54, 1.807) is 14.2 Å². The van der Waals surface area contributed by atoms with E-state index in [4.69, 9.17) is 14.6 Å². The number of ether oxygens (including phenoxy) is 2. The van der Waals surface area contributed by atoms with E-state index in [9.17, 15) is 0 Å². The molecule has 0 aliphatic heterocycles. The number of hydrogen-bond donors (Lipinski definition) is 2. The molecular weight excluding hydrogens is 194 g/mol. The Morgan fingerprint density at radius 1 is 1.07 bits per heavy atom. The molecule has 1 atom stereocenters. The summed E-state index contributed by atoms with van der Waals surface area (Å²) in [6.07, 6.45) is 4.12. The van der Waals surface area contributed by atoms with Gasteiger partial charge in [-0.3, -0.25) is 0 Å². The zero-order valence-electron chi connectivity index (χ0n) is 10.2. The maximum Gasteiger partial charge on any atom is 0.171 e. The van der Waals surface area contributed by atoms with E-state index in [2.05, 4.69) is 5.32 Å². The minimum absolute atomic E-state index is 0.178. The third-order valence-corrected chi connectivity index (χ3v) is 2.42. The van der Waals surface area contributed by atoms with Crippen molar-refractivity contribution in [2.75, 3.05) is 27.4 Å². The van der Waals surface area contributed by atoms with Crippen LogP contribution in [0, 0.1) is 0 Å². The van der Waals surface area contributed by atoms with Crippen LogP contribution >= 0.6 is 0 Å². The first kappa shape index (κ1) is 14.8. The number of unbranched alkanes of at least 4 members (excludes halogenated alkanes) is 3. The molecule has 2 N–H and O–H groups in total. The SMILES string of the molecule is COC(OC)C(C)NCCCCCCO. The second kappa shape index (κ2) is 10.4. The maximum absolute atomic E-state index is 8.60. The molecule has 4 nitrogen and oxygen atoms in total. The van der Waals surface area contributed by atoms with Gasteiger partial charge in [0, 0.05) is 20.8 Å². The van der Waals surface area contributed by atoms with Gasteiger partial charge >= 0.3 is 0 Å². The van der Waals surface area contributed by atoms with Crippen molar-refractivity contribution in [3.63, 3.8) is 0 Å². The smallest absolute Gasteiger partial charge is 0.171 e. The summed E-state index contributed by atoms with van der Waals surface area (Å²) in [5.74, 6) is 0. The van der Waals surface area contributed by atoms with Gasteiger partial charge in [0.15, 0.2) is 6.29 Å². The topological polar surface area (TPSA) is 50.7 Å². The van der Waals surface area contributed by atoms with E-state index >= 15 is 0 Å².